The average Bonchev–Trinajstić information content (AvgIpc) is 2.71. The fourth-order valence-corrected chi connectivity index (χ4v) is 2.04. The van der Waals surface area contributed by atoms with Gasteiger partial charge in [0, 0.05) is 25.0 Å². The lowest BCUT2D eigenvalue weighted by atomic mass is 10.0. The standard InChI is InChI=1S/C13H22N6/c1-9(2)11(8-18(4)5)15-12-13-17-16-10(3)19(13)7-6-14-12/h6-7,9,11H,8H2,1-5H3,(H,14,15). The highest BCUT2D eigenvalue weighted by atomic mass is 15.3. The Bertz CT molecular complexity index is 545. The van der Waals surface area contributed by atoms with E-state index in [1.165, 1.54) is 0 Å². The van der Waals surface area contributed by atoms with Gasteiger partial charge in [0.25, 0.3) is 0 Å². The maximum absolute atomic E-state index is 4.40. The Morgan fingerprint density at radius 3 is 2.68 bits per heavy atom. The van der Waals surface area contributed by atoms with E-state index in [2.05, 4.69) is 53.3 Å². The number of hydrogen-bond acceptors (Lipinski definition) is 5. The van der Waals surface area contributed by atoms with E-state index >= 15 is 0 Å². The average molecular weight is 262 g/mol. The lowest BCUT2D eigenvalue weighted by molar-refractivity contribution is 0.344. The van der Waals surface area contributed by atoms with E-state index in [4.69, 9.17) is 0 Å². The highest BCUT2D eigenvalue weighted by Gasteiger charge is 2.17. The number of aromatic nitrogens is 4. The summed E-state index contributed by atoms with van der Waals surface area (Å²) in [6.07, 6.45) is 3.66. The first kappa shape index (κ1) is 13.7. The zero-order valence-corrected chi connectivity index (χ0v) is 12.3. The third-order valence-corrected chi connectivity index (χ3v) is 3.19. The lowest BCUT2D eigenvalue weighted by Gasteiger charge is -2.26. The highest BCUT2D eigenvalue weighted by molar-refractivity contribution is 5.62. The summed E-state index contributed by atoms with van der Waals surface area (Å²) in [6, 6.07) is 0.325. The molecule has 104 valence electrons. The zero-order valence-electron chi connectivity index (χ0n) is 12.3. The van der Waals surface area contributed by atoms with Gasteiger partial charge in [0.15, 0.2) is 5.82 Å². The molecule has 6 heteroatoms. The third kappa shape index (κ3) is 3.01. The van der Waals surface area contributed by atoms with Gasteiger partial charge in [-0.2, -0.15) is 0 Å². The van der Waals surface area contributed by atoms with Gasteiger partial charge in [0.2, 0.25) is 5.65 Å². The van der Waals surface area contributed by atoms with Crippen LogP contribution in [0.2, 0.25) is 0 Å². The van der Waals surface area contributed by atoms with Crippen molar-refractivity contribution in [2.75, 3.05) is 26.0 Å². The van der Waals surface area contributed by atoms with Crippen LogP contribution in [0.15, 0.2) is 12.4 Å². The van der Waals surface area contributed by atoms with Crippen molar-refractivity contribution in [2.24, 2.45) is 5.92 Å². The van der Waals surface area contributed by atoms with E-state index < -0.39 is 0 Å². The number of nitrogens with one attached hydrogen (secondary N) is 1. The minimum atomic E-state index is 0.325. The second-order valence-electron chi connectivity index (χ2n) is 5.47. The van der Waals surface area contributed by atoms with Crippen molar-refractivity contribution in [3.05, 3.63) is 18.2 Å². The summed E-state index contributed by atoms with van der Waals surface area (Å²) in [6.45, 7) is 7.30. The summed E-state index contributed by atoms with van der Waals surface area (Å²) in [5.74, 6) is 2.17. The number of rotatable bonds is 5. The Labute approximate surface area is 113 Å². The van der Waals surface area contributed by atoms with E-state index in [0.717, 1.165) is 23.8 Å². The van der Waals surface area contributed by atoms with Crippen LogP contribution in [0, 0.1) is 12.8 Å². The summed E-state index contributed by atoms with van der Waals surface area (Å²) in [4.78, 5) is 6.57. The van der Waals surface area contributed by atoms with Crippen molar-refractivity contribution >= 4 is 11.5 Å². The van der Waals surface area contributed by atoms with Crippen molar-refractivity contribution in [1.82, 2.24) is 24.5 Å². The summed E-state index contributed by atoms with van der Waals surface area (Å²) in [5, 5.41) is 11.8. The highest BCUT2D eigenvalue weighted by Crippen LogP contribution is 2.16. The van der Waals surface area contributed by atoms with Crippen LogP contribution in [-0.2, 0) is 0 Å². The molecule has 2 rings (SSSR count). The molecular weight excluding hydrogens is 240 g/mol. The van der Waals surface area contributed by atoms with Crippen LogP contribution in [0.3, 0.4) is 0 Å². The first-order chi connectivity index (χ1) is 8.99. The number of likely N-dealkylation sites (N-methyl/N-ethyl adjacent to an activating group) is 1. The minimum Gasteiger partial charge on any atom is -0.363 e. The van der Waals surface area contributed by atoms with Crippen LogP contribution in [-0.4, -0.2) is 51.2 Å². The van der Waals surface area contributed by atoms with E-state index in [1.54, 1.807) is 6.20 Å². The van der Waals surface area contributed by atoms with Gasteiger partial charge < -0.3 is 10.2 Å². The molecule has 1 N–H and O–H groups in total. The Hall–Kier alpha value is -1.69. The Morgan fingerprint density at radius 1 is 1.32 bits per heavy atom. The number of aryl methyl sites for hydroxylation is 1. The van der Waals surface area contributed by atoms with E-state index in [9.17, 15) is 0 Å². The molecule has 19 heavy (non-hydrogen) atoms. The van der Waals surface area contributed by atoms with Gasteiger partial charge in [-0.1, -0.05) is 13.8 Å². The molecule has 6 nitrogen and oxygen atoms in total. The van der Waals surface area contributed by atoms with Crippen molar-refractivity contribution in [3.63, 3.8) is 0 Å². The molecule has 0 saturated heterocycles. The molecule has 1 unspecified atom stereocenters. The van der Waals surface area contributed by atoms with Crippen LogP contribution >= 0.6 is 0 Å². The van der Waals surface area contributed by atoms with Gasteiger partial charge in [-0.3, -0.25) is 4.40 Å². The van der Waals surface area contributed by atoms with Gasteiger partial charge in [-0.25, -0.2) is 4.98 Å². The fraction of sp³-hybridized carbons (Fsp3) is 0.615. The van der Waals surface area contributed by atoms with Crippen molar-refractivity contribution in [1.29, 1.82) is 0 Å². The Balaban J connectivity index is 2.28. The number of fused-ring (bicyclic) bond motifs is 1. The van der Waals surface area contributed by atoms with Gasteiger partial charge in [-0.15, -0.1) is 10.2 Å². The van der Waals surface area contributed by atoms with Gasteiger partial charge in [0.05, 0.1) is 0 Å². The van der Waals surface area contributed by atoms with E-state index in [0.29, 0.717) is 12.0 Å². The van der Waals surface area contributed by atoms with Gasteiger partial charge in [0.1, 0.15) is 5.82 Å². The summed E-state index contributed by atoms with van der Waals surface area (Å²) in [5.41, 5.74) is 0.782. The quantitative estimate of drug-likeness (QED) is 0.883. The molecular formula is C13H22N6. The second-order valence-corrected chi connectivity index (χ2v) is 5.47. The smallest absolute Gasteiger partial charge is 0.203 e. The molecule has 0 fully saturated rings. The molecule has 2 heterocycles. The van der Waals surface area contributed by atoms with E-state index in [-0.39, 0.29) is 0 Å². The first-order valence-electron chi connectivity index (χ1n) is 6.56. The number of hydrogen-bond donors (Lipinski definition) is 1. The van der Waals surface area contributed by atoms with Crippen LogP contribution in [0.4, 0.5) is 5.82 Å². The molecule has 2 aromatic rings. The zero-order chi connectivity index (χ0) is 14.0. The molecule has 0 radical (unpaired) electrons. The number of anilines is 1. The van der Waals surface area contributed by atoms with Crippen molar-refractivity contribution in [3.8, 4) is 0 Å². The van der Waals surface area contributed by atoms with Crippen molar-refractivity contribution in [2.45, 2.75) is 26.8 Å². The lowest BCUT2D eigenvalue weighted by Crippen LogP contribution is -2.36. The van der Waals surface area contributed by atoms with Crippen LogP contribution in [0.5, 0.6) is 0 Å². The van der Waals surface area contributed by atoms with Crippen LogP contribution < -0.4 is 5.32 Å². The van der Waals surface area contributed by atoms with Gasteiger partial charge >= 0.3 is 0 Å². The minimum absolute atomic E-state index is 0.325. The predicted molar refractivity (Wildman–Crippen MR) is 76.3 cm³/mol. The molecule has 1 atom stereocenters. The maximum Gasteiger partial charge on any atom is 0.203 e. The first-order valence-corrected chi connectivity index (χ1v) is 6.56. The molecule has 0 amide bonds. The predicted octanol–water partition coefficient (Wildman–Crippen LogP) is 1.43. The van der Waals surface area contributed by atoms with Crippen LogP contribution in [0.1, 0.15) is 19.7 Å². The summed E-state index contributed by atoms with van der Waals surface area (Å²) in [7, 11) is 4.15. The molecule has 0 bridgehead atoms. The summed E-state index contributed by atoms with van der Waals surface area (Å²) < 4.78 is 1.95. The molecule has 2 aromatic heterocycles. The molecule has 0 aliphatic carbocycles. The van der Waals surface area contributed by atoms with Crippen molar-refractivity contribution < 1.29 is 0 Å². The van der Waals surface area contributed by atoms with Crippen LogP contribution in [0.25, 0.3) is 5.65 Å². The maximum atomic E-state index is 4.40. The molecule has 0 aromatic carbocycles. The molecule has 0 aliphatic rings. The Morgan fingerprint density at radius 2 is 2.05 bits per heavy atom. The van der Waals surface area contributed by atoms with E-state index in [1.807, 2.05) is 17.5 Å². The largest absolute Gasteiger partial charge is 0.363 e. The number of nitrogens with zero attached hydrogens (tertiary/aromatic N) is 5. The summed E-state index contributed by atoms with van der Waals surface area (Å²) >= 11 is 0. The second kappa shape index (κ2) is 5.52. The molecule has 0 aliphatic heterocycles. The third-order valence-electron chi connectivity index (χ3n) is 3.19. The SMILES string of the molecule is Cc1nnc2c(NC(CN(C)C)C(C)C)nccn12. The molecule has 0 spiro atoms. The monoisotopic (exact) mass is 262 g/mol. The molecule has 0 saturated carbocycles. The fourth-order valence-electron chi connectivity index (χ4n) is 2.04. The Kier molecular flexibility index (Phi) is 3.99. The normalized spacial score (nSPS) is 13.4. The topological polar surface area (TPSA) is 58.4 Å². The van der Waals surface area contributed by atoms with Gasteiger partial charge in [-0.05, 0) is 26.9 Å².